The third-order valence-electron chi connectivity index (χ3n) is 4.07. The summed E-state index contributed by atoms with van der Waals surface area (Å²) in [7, 11) is -0.332. The molecule has 8 heteroatoms. The van der Waals surface area contributed by atoms with E-state index in [1.165, 1.54) is 45.4 Å². The molecule has 0 amide bonds. The van der Waals surface area contributed by atoms with Crippen molar-refractivity contribution in [3.63, 3.8) is 0 Å². The molecule has 0 aromatic rings. The minimum absolute atomic E-state index is 0.217. The largest absolute Gasteiger partial charge is 0.460 e. The van der Waals surface area contributed by atoms with E-state index in [2.05, 4.69) is 25.2 Å². The molecule has 0 aliphatic carbocycles. The number of hydrogen-bond donors (Lipinski definition) is 1. The lowest BCUT2D eigenvalue weighted by atomic mass is 10.1. The fourth-order valence-corrected chi connectivity index (χ4v) is 3.03. The molecule has 0 aliphatic rings. The highest BCUT2D eigenvalue weighted by molar-refractivity contribution is 7.80. The van der Waals surface area contributed by atoms with E-state index >= 15 is 0 Å². The summed E-state index contributed by atoms with van der Waals surface area (Å²) in [6.45, 7) is 5.62. The van der Waals surface area contributed by atoms with Gasteiger partial charge < -0.3 is 9.22 Å². The Balaban J connectivity index is 3.81. The van der Waals surface area contributed by atoms with Crippen molar-refractivity contribution in [3.8, 4) is 0 Å². The maximum atomic E-state index is 11.6. The van der Waals surface area contributed by atoms with Gasteiger partial charge in [0.1, 0.15) is 13.2 Å². The third kappa shape index (κ3) is 16.5. The predicted octanol–water partition coefficient (Wildman–Crippen LogP) is 2.95. The van der Waals surface area contributed by atoms with E-state index < -0.39 is 22.5 Å². The van der Waals surface area contributed by atoms with Crippen LogP contribution < -0.4 is 0 Å². The van der Waals surface area contributed by atoms with Gasteiger partial charge in [0.2, 0.25) is 0 Å². The molecule has 0 radical (unpaired) electrons. The maximum absolute atomic E-state index is 11.6. The number of carbonyl (C=O) groups is 1. The van der Waals surface area contributed by atoms with Crippen molar-refractivity contribution in [2.75, 3.05) is 33.8 Å². The summed E-state index contributed by atoms with van der Waals surface area (Å²) in [5, 5.41) is 0. The fraction of sp³-hybridized carbons (Fsp3) is 0.941. The highest BCUT2D eigenvalue weighted by Crippen LogP contribution is 2.09. The second-order valence-corrected chi connectivity index (χ2v) is 8.31. The molecule has 0 saturated heterocycles. The molecule has 0 fully saturated rings. The Bertz CT molecular complexity index is 464. The normalized spacial score (nSPS) is 13.6. The lowest BCUT2D eigenvalue weighted by Crippen LogP contribution is -2.43. The molecular formula is C17H36NO6S+. The van der Waals surface area contributed by atoms with Crippen molar-refractivity contribution >= 4 is 16.4 Å². The molecule has 1 N–H and O–H groups in total. The van der Waals surface area contributed by atoms with Crippen LogP contribution in [0.4, 0.5) is 0 Å². The highest BCUT2D eigenvalue weighted by Gasteiger charge is 2.19. The molecule has 0 saturated carbocycles. The average Bonchev–Trinajstić information content (AvgIpc) is 2.43. The molecule has 0 rings (SSSR count). The average molecular weight is 383 g/mol. The molecule has 7 nitrogen and oxygen atoms in total. The first-order valence-corrected chi connectivity index (χ1v) is 10.6. The van der Waals surface area contributed by atoms with Gasteiger partial charge in [-0.1, -0.05) is 39.0 Å². The lowest BCUT2D eigenvalue weighted by molar-refractivity contribution is -0.890. The van der Waals surface area contributed by atoms with Gasteiger partial charge in [-0.05, 0) is 19.8 Å². The van der Waals surface area contributed by atoms with Crippen molar-refractivity contribution in [1.29, 1.82) is 0 Å². The quantitative estimate of drug-likeness (QED) is 0.203. The molecule has 1 unspecified atom stereocenters. The van der Waals surface area contributed by atoms with Crippen molar-refractivity contribution in [2.45, 2.75) is 71.3 Å². The molecule has 0 aromatic heterocycles. The fourth-order valence-electron chi connectivity index (χ4n) is 2.55. The second-order valence-electron chi connectivity index (χ2n) is 7.26. The number of carbonyl (C=O) groups excluding carboxylic acids is 1. The Labute approximate surface area is 153 Å². The van der Waals surface area contributed by atoms with Crippen molar-refractivity contribution in [2.24, 2.45) is 0 Å². The van der Waals surface area contributed by atoms with E-state index in [1.807, 2.05) is 0 Å². The zero-order valence-electron chi connectivity index (χ0n) is 16.2. The first kappa shape index (κ1) is 24.3. The van der Waals surface area contributed by atoms with Gasteiger partial charge in [0, 0.05) is 0 Å². The first-order valence-electron chi connectivity index (χ1n) is 9.19. The van der Waals surface area contributed by atoms with Crippen LogP contribution >= 0.6 is 0 Å². The molecule has 1 atom stereocenters. The summed E-state index contributed by atoms with van der Waals surface area (Å²) >= 11 is 0. The van der Waals surface area contributed by atoms with Crippen molar-refractivity contribution in [1.82, 2.24) is 0 Å². The molecule has 150 valence electrons. The summed E-state index contributed by atoms with van der Waals surface area (Å²) in [5.41, 5.74) is 0. The predicted molar refractivity (Wildman–Crippen MR) is 97.5 cm³/mol. The lowest BCUT2D eigenvalue weighted by Gasteiger charge is -2.29. The molecule has 0 aromatic carbocycles. The minimum Gasteiger partial charge on any atom is -0.460 e. The molecule has 0 aliphatic heterocycles. The van der Waals surface area contributed by atoms with Gasteiger partial charge in [-0.25, -0.2) is 4.18 Å². The van der Waals surface area contributed by atoms with E-state index in [9.17, 15) is 13.2 Å². The van der Waals surface area contributed by atoms with Crippen LogP contribution in [0.25, 0.3) is 0 Å². The van der Waals surface area contributed by atoms with Gasteiger partial charge in [-0.2, -0.15) is 8.42 Å². The number of hydrogen-bond acceptors (Lipinski definition) is 5. The maximum Gasteiger partial charge on any atom is 0.397 e. The van der Waals surface area contributed by atoms with Crippen LogP contribution in [0.3, 0.4) is 0 Å². The van der Waals surface area contributed by atoms with E-state index in [4.69, 9.17) is 9.29 Å². The van der Waals surface area contributed by atoms with Gasteiger partial charge in [0.15, 0.2) is 0 Å². The Morgan fingerprint density at radius 1 is 1.04 bits per heavy atom. The van der Waals surface area contributed by atoms with Crippen molar-refractivity contribution < 1.29 is 31.2 Å². The summed E-state index contributed by atoms with van der Waals surface area (Å²) in [6, 6.07) is 0. The Morgan fingerprint density at radius 3 is 2.16 bits per heavy atom. The van der Waals surface area contributed by atoms with Crippen molar-refractivity contribution in [3.05, 3.63) is 0 Å². The van der Waals surface area contributed by atoms with Gasteiger partial charge in [-0.3, -0.25) is 9.35 Å². The first-order chi connectivity index (χ1) is 11.6. The summed E-state index contributed by atoms with van der Waals surface area (Å²) in [5.74, 6) is -0.535. The Hall–Kier alpha value is -0.700. The smallest absolute Gasteiger partial charge is 0.397 e. The van der Waals surface area contributed by atoms with E-state index in [-0.39, 0.29) is 13.0 Å². The number of rotatable bonds is 15. The second kappa shape index (κ2) is 12.6. The van der Waals surface area contributed by atoms with Gasteiger partial charge in [0.05, 0.1) is 33.2 Å². The number of quaternary nitrogens is 1. The van der Waals surface area contributed by atoms with Crippen LogP contribution in [-0.4, -0.2) is 63.3 Å². The molecule has 25 heavy (non-hydrogen) atoms. The zero-order valence-corrected chi connectivity index (χ0v) is 17.0. The van der Waals surface area contributed by atoms with Crippen LogP contribution in [0.5, 0.6) is 0 Å². The van der Waals surface area contributed by atoms with Crippen LogP contribution in [0.1, 0.15) is 65.2 Å². The van der Waals surface area contributed by atoms with Crippen LogP contribution in [0, 0.1) is 0 Å². The number of ether oxygens (including phenoxy) is 1. The van der Waals surface area contributed by atoms with Gasteiger partial charge in [-0.15, -0.1) is 0 Å². The number of likely N-dealkylation sites (N-methyl/N-ethyl adjacent to an activating group) is 1. The summed E-state index contributed by atoms with van der Waals surface area (Å²) in [4.78, 5) is 11.6. The number of unbranched alkanes of at least 4 members (excludes halogenated alkanes) is 6. The number of nitrogens with zero attached hydrogens (tertiary/aromatic N) is 1. The summed E-state index contributed by atoms with van der Waals surface area (Å²) in [6.07, 6.45) is 7.72. The topological polar surface area (TPSA) is 89.9 Å². The van der Waals surface area contributed by atoms with Gasteiger partial charge >= 0.3 is 16.4 Å². The molecular weight excluding hydrogens is 346 g/mol. The highest BCUT2D eigenvalue weighted by atomic mass is 32.3. The van der Waals surface area contributed by atoms with E-state index in [1.54, 1.807) is 0 Å². The number of esters is 1. The molecule has 0 bridgehead atoms. The Kier molecular flexibility index (Phi) is 12.3. The van der Waals surface area contributed by atoms with E-state index in [0.29, 0.717) is 6.54 Å². The standard InChI is InChI=1S/C17H35NO6S/c1-5-6-7-8-9-10-11-12-18(3,4)13-14-23-17(19)15-16(2)24-25(20,21)22/h16H,5-15H2,1-4H3/p+1. The monoisotopic (exact) mass is 382 g/mol. The van der Waals surface area contributed by atoms with E-state index in [0.717, 1.165) is 17.4 Å². The van der Waals surface area contributed by atoms with Crippen LogP contribution in [-0.2, 0) is 24.1 Å². The van der Waals surface area contributed by atoms with Crippen LogP contribution in [0.15, 0.2) is 0 Å². The molecule has 0 spiro atoms. The Morgan fingerprint density at radius 2 is 1.60 bits per heavy atom. The van der Waals surface area contributed by atoms with Gasteiger partial charge in [0.25, 0.3) is 0 Å². The summed E-state index contributed by atoms with van der Waals surface area (Å²) < 4.78 is 39.8. The van der Waals surface area contributed by atoms with Crippen LogP contribution in [0.2, 0.25) is 0 Å². The zero-order chi connectivity index (χ0) is 19.3. The SMILES string of the molecule is CCCCCCCCC[N+](C)(C)CCOC(=O)CC(C)OS(=O)(=O)O. The third-order valence-corrected chi connectivity index (χ3v) is 4.64. The molecule has 0 heterocycles. The minimum atomic E-state index is -4.54.